The SMILES string of the molecule is O=S(O)CCc1ccccc1OC(F)F. The van der Waals surface area contributed by atoms with Gasteiger partial charge in [0.25, 0.3) is 0 Å². The molecule has 0 amide bonds. The number of ether oxygens (including phenoxy) is 1. The zero-order valence-electron chi connectivity index (χ0n) is 7.73. The molecule has 0 saturated carbocycles. The number of benzene rings is 1. The quantitative estimate of drug-likeness (QED) is 0.796. The van der Waals surface area contributed by atoms with E-state index < -0.39 is 17.7 Å². The van der Waals surface area contributed by atoms with Crippen molar-refractivity contribution < 1.29 is 22.3 Å². The summed E-state index contributed by atoms with van der Waals surface area (Å²) in [4.78, 5) is 0. The summed E-state index contributed by atoms with van der Waals surface area (Å²) in [5, 5.41) is 0. The first-order valence-electron chi connectivity index (χ1n) is 4.20. The molecule has 1 N–H and O–H groups in total. The highest BCUT2D eigenvalue weighted by atomic mass is 32.2. The highest BCUT2D eigenvalue weighted by Gasteiger charge is 2.09. The van der Waals surface area contributed by atoms with E-state index >= 15 is 0 Å². The highest BCUT2D eigenvalue weighted by molar-refractivity contribution is 7.79. The maximum Gasteiger partial charge on any atom is 0.387 e. The van der Waals surface area contributed by atoms with Crippen molar-refractivity contribution in [3.8, 4) is 5.75 Å². The fourth-order valence-electron chi connectivity index (χ4n) is 1.12. The van der Waals surface area contributed by atoms with Gasteiger partial charge < -0.3 is 9.29 Å². The van der Waals surface area contributed by atoms with E-state index in [1.165, 1.54) is 6.07 Å². The van der Waals surface area contributed by atoms with Crippen molar-refractivity contribution in [1.82, 2.24) is 0 Å². The molecule has 1 atom stereocenters. The average molecular weight is 236 g/mol. The fourth-order valence-corrected chi connectivity index (χ4v) is 1.51. The lowest BCUT2D eigenvalue weighted by atomic mass is 10.1. The van der Waals surface area contributed by atoms with E-state index in [-0.39, 0.29) is 17.9 Å². The molecule has 6 heteroatoms. The Balaban J connectivity index is 2.72. The van der Waals surface area contributed by atoms with Crippen LogP contribution in [0.15, 0.2) is 24.3 Å². The Morgan fingerprint density at radius 1 is 1.40 bits per heavy atom. The number of hydrogen-bond donors (Lipinski definition) is 1. The molecule has 1 rings (SSSR count). The predicted octanol–water partition coefficient (Wildman–Crippen LogP) is 2.05. The van der Waals surface area contributed by atoms with Crippen LogP contribution >= 0.6 is 0 Å². The third kappa shape index (κ3) is 4.35. The minimum Gasteiger partial charge on any atom is -0.435 e. The van der Waals surface area contributed by atoms with Crippen molar-refractivity contribution in [2.24, 2.45) is 0 Å². The molecular formula is C9H10F2O3S. The van der Waals surface area contributed by atoms with Gasteiger partial charge >= 0.3 is 6.61 Å². The molecule has 1 aromatic carbocycles. The molecule has 15 heavy (non-hydrogen) atoms. The summed E-state index contributed by atoms with van der Waals surface area (Å²) in [6.07, 6.45) is 0.228. The Bertz CT molecular complexity index is 344. The molecule has 0 aliphatic rings. The topological polar surface area (TPSA) is 46.5 Å². The molecule has 0 aliphatic carbocycles. The molecule has 0 fully saturated rings. The van der Waals surface area contributed by atoms with E-state index in [9.17, 15) is 13.0 Å². The standard InChI is InChI=1S/C9H10F2O3S/c10-9(11)14-8-4-2-1-3-7(8)5-6-15(12)13/h1-4,9H,5-6H2,(H,12,13). The first kappa shape index (κ1) is 12.1. The van der Waals surface area contributed by atoms with Crippen molar-refractivity contribution in [1.29, 1.82) is 0 Å². The van der Waals surface area contributed by atoms with Crippen LogP contribution in [0.3, 0.4) is 0 Å². The number of rotatable bonds is 5. The molecule has 0 spiro atoms. The van der Waals surface area contributed by atoms with Crippen LogP contribution < -0.4 is 4.74 Å². The van der Waals surface area contributed by atoms with E-state index in [0.29, 0.717) is 5.56 Å². The van der Waals surface area contributed by atoms with Crippen LogP contribution in [0.4, 0.5) is 8.78 Å². The summed E-state index contributed by atoms with van der Waals surface area (Å²) in [5.74, 6) is 0.0572. The number of halogens is 2. The Hall–Kier alpha value is -1.01. The van der Waals surface area contributed by atoms with Crippen LogP contribution in [-0.4, -0.2) is 21.1 Å². The largest absolute Gasteiger partial charge is 0.435 e. The van der Waals surface area contributed by atoms with Gasteiger partial charge in [0, 0.05) is 0 Å². The Morgan fingerprint density at radius 2 is 2.07 bits per heavy atom. The van der Waals surface area contributed by atoms with E-state index in [2.05, 4.69) is 4.74 Å². The second-order valence-electron chi connectivity index (χ2n) is 2.76. The van der Waals surface area contributed by atoms with Gasteiger partial charge in [0.1, 0.15) is 5.75 Å². The number of alkyl halides is 2. The van der Waals surface area contributed by atoms with Crippen LogP contribution in [0.25, 0.3) is 0 Å². The minimum absolute atomic E-state index is 0.00358. The van der Waals surface area contributed by atoms with Gasteiger partial charge in [0.05, 0.1) is 5.75 Å². The number of para-hydroxylation sites is 1. The highest BCUT2D eigenvalue weighted by Crippen LogP contribution is 2.20. The van der Waals surface area contributed by atoms with Gasteiger partial charge in [-0.1, -0.05) is 18.2 Å². The van der Waals surface area contributed by atoms with Gasteiger partial charge in [-0.2, -0.15) is 8.78 Å². The summed E-state index contributed by atoms with van der Waals surface area (Å²) < 4.78 is 47.2. The first-order valence-corrected chi connectivity index (χ1v) is 5.47. The molecule has 1 unspecified atom stereocenters. The van der Waals surface area contributed by atoms with E-state index in [4.69, 9.17) is 4.55 Å². The molecule has 0 heterocycles. The van der Waals surface area contributed by atoms with Crippen molar-refractivity contribution in [2.45, 2.75) is 13.0 Å². The lowest BCUT2D eigenvalue weighted by Gasteiger charge is -2.09. The van der Waals surface area contributed by atoms with Gasteiger partial charge in [-0.25, -0.2) is 4.21 Å². The van der Waals surface area contributed by atoms with Gasteiger partial charge in [-0.05, 0) is 18.1 Å². The third-order valence-electron chi connectivity index (χ3n) is 1.73. The van der Waals surface area contributed by atoms with Gasteiger partial charge in [-0.15, -0.1) is 0 Å². The van der Waals surface area contributed by atoms with Gasteiger partial charge in [0.2, 0.25) is 0 Å². The molecular weight excluding hydrogens is 226 g/mol. The molecule has 0 bridgehead atoms. The van der Waals surface area contributed by atoms with Gasteiger partial charge in [-0.3, -0.25) is 0 Å². The fraction of sp³-hybridized carbons (Fsp3) is 0.333. The summed E-state index contributed by atoms with van der Waals surface area (Å²) in [6.45, 7) is -2.88. The normalized spacial score (nSPS) is 12.8. The molecule has 0 aliphatic heterocycles. The molecule has 0 aromatic heterocycles. The molecule has 0 saturated heterocycles. The van der Waals surface area contributed by atoms with Crippen molar-refractivity contribution in [2.75, 3.05) is 5.75 Å². The Kier molecular flexibility index (Phi) is 4.64. The smallest absolute Gasteiger partial charge is 0.387 e. The Morgan fingerprint density at radius 3 is 2.67 bits per heavy atom. The number of hydrogen-bond acceptors (Lipinski definition) is 2. The lowest BCUT2D eigenvalue weighted by Crippen LogP contribution is -2.06. The average Bonchev–Trinajstić information content (AvgIpc) is 2.15. The number of aryl methyl sites for hydroxylation is 1. The second kappa shape index (κ2) is 5.77. The van der Waals surface area contributed by atoms with E-state index in [0.717, 1.165) is 0 Å². The van der Waals surface area contributed by atoms with Crippen molar-refractivity contribution in [3.63, 3.8) is 0 Å². The van der Waals surface area contributed by atoms with Gasteiger partial charge in [0.15, 0.2) is 11.1 Å². The lowest BCUT2D eigenvalue weighted by molar-refractivity contribution is -0.0504. The maximum atomic E-state index is 12.0. The molecule has 3 nitrogen and oxygen atoms in total. The van der Waals surface area contributed by atoms with E-state index in [1.54, 1.807) is 18.2 Å². The van der Waals surface area contributed by atoms with Crippen LogP contribution in [0, 0.1) is 0 Å². The van der Waals surface area contributed by atoms with E-state index in [1.807, 2.05) is 0 Å². The first-order chi connectivity index (χ1) is 7.09. The minimum atomic E-state index is -2.88. The summed E-state index contributed by atoms with van der Waals surface area (Å²) in [7, 11) is 0. The zero-order chi connectivity index (χ0) is 11.3. The monoisotopic (exact) mass is 236 g/mol. The summed E-state index contributed by atoms with van der Waals surface area (Å²) in [6, 6.07) is 6.22. The zero-order valence-corrected chi connectivity index (χ0v) is 8.55. The predicted molar refractivity (Wildman–Crippen MR) is 52.4 cm³/mol. The van der Waals surface area contributed by atoms with Crippen LogP contribution in [0.2, 0.25) is 0 Å². The van der Waals surface area contributed by atoms with Crippen LogP contribution in [0.1, 0.15) is 5.56 Å². The van der Waals surface area contributed by atoms with Crippen molar-refractivity contribution in [3.05, 3.63) is 29.8 Å². The second-order valence-corrected chi connectivity index (χ2v) is 3.81. The van der Waals surface area contributed by atoms with Crippen molar-refractivity contribution >= 4 is 11.1 Å². The third-order valence-corrected chi connectivity index (χ3v) is 2.29. The molecule has 1 aromatic rings. The van der Waals surface area contributed by atoms with Crippen LogP contribution in [0.5, 0.6) is 5.75 Å². The maximum absolute atomic E-state index is 12.0. The summed E-state index contributed by atoms with van der Waals surface area (Å²) in [5.41, 5.74) is 0.500. The summed E-state index contributed by atoms with van der Waals surface area (Å²) >= 11 is -1.93. The molecule has 84 valence electrons. The molecule has 0 radical (unpaired) electrons. The Labute approximate surface area is 88.3 Å². The van der Waals surface area contributed by atoms with Crippen LogP contribution in [-0.2, 0) is 17.5 Å².